The zero-order valence-electron chi connectivity index (χ0n) is 10.6. The average Bonchev–Trinajstić information content (AvgIpc) is 2.23. The zero-order valence-corrected chi connectivity index (χ0v) is 12.2. The van der Waals surface area contributed by atoms with Crippen molar-refractivity contribution >= 4 is 15.9 Å². The topological polar surface area (TPSA) is 44.5 Å². The molecule has 3 nitrogen and oxygen atoms in total. The summed E-state index contributed by atoms with van der Waals surface area (Å²) in [5, 5.41) is 0. The summed E-state index contributed by atoms with van der Waals surface area (Å²) >= 11 is 3.51. The lowest BCUT2D eigenvalue weighted by Crippen LogP contribution is -2.21. The lowest BCUT2D eigenvalue weighted by Gasteiger charge is -2.19. The molecule has 2 unspecified atom stereocenters. The van der Waals surface area contributed by atoms with Crippen LogP contribution in [0.15, 0.2) is 22.7 Å². The molecule has 0 aliphatic heterocycles. The van der Waals surface area contributed by atoms with Crippen LogP contribution in [0.1, 0.15) is 19.4 Å². The van der Waals surface area contributed by atoms with Gasteiger partial charge in [0.15, 0.2) is 0 Å². The maximum Gasteiger partial charge on any atom is 0.137 e. The van der Waals surface area contributed by atoms with Crippen LogP contribution in [0.5, 0.6) is 5.75 Å². The highest BCUT2D eigenvalue weighted by Gasteiger charge is 2.12. The number of hydrogen-bond acceptors (Lipinski definition) is 3. The molecule has 0 saturated carbocycles. The Balaban J connectivity index is 2.87. The average molecular weight is 302 g/mol. The molecule has 2 atom stereocenters. The van der Waals surface area contributed by atoms with Gasteiger partial charge in [-0.15, -0.1) is 0 Å². The standard InChI is InChI=1S/C13H20BrNO2/c1-9(15)7-11-5-4-6-12(14)13(11)17-10(2)8-16-3/h4-6,9-10H,7-8,15H2,1-3H3. The zero-order chi connectivity index (χ0) is 12.8. The summed E-state index contributed by atoms with van der Waals surface area (Å²) < 4.78 is 11.9. The van der Waals surface area contributed by atoms with Gasteiger partial charge in [0, 0.05) is 13.2 Å². The SMILES string of the molecule is COCC(C)Oc1c(Br)cccc1CC(C)N. The minimum Gasteiger partial charge on any atom is -0.487 e. The molecule has 0 spiro atoms. The molecular weight excluding hydrogens is 282 g/mol. The summed E-state index contributed by atoms with van der Waals surface area (Å²) in [5.41, 5.74) is 6.96. The van der Waals surface area contributed by atoms with Crippen LogP contribution in [0, 0.1) is 0 Å². The third-order valence-electron chi connectivity index (χ3n) is 2.31. The first-order chi connectivity index (χ1) is 8.04. The first-order valence-electron chi connectivity index (χ1n) is 5.73. The molecule has 1 aromatic rings. The lowest BCUT2D eigenvalue weighted by atomic mass is 10.1. The molecule has 0 amide bonds. The fourth-order valence-corrected chi connectivity index (χ4v) is 2.16. The van der Waals surface area contributed by atoms with Crippen molar-refractivity contribution in [1.82, 2.24) is 0 Å². The molecule has 0 heterocycles. The number of hydrogen-bond donors (Lipinski definition) is 1. The molecule has 0 radical (unpaired) electrons. The largest absolute Gasteiger partial charge is 0.487 e. The maximum absolute atomic E-state index is 5.89. The molecule has 0 bridgehead atoms. The van der Waals surface area contributed by atoms with Gasteiger partial charge < -0.3 is 15.2 Å². The first-order valence-corrected chi connectivity index (χ1v) is 6.52. The van der Waals surface area contributed by atoms with Crippen LogP contribution >= 0.6 is 15.9 Å². The smallest absolute Gasteiger partial charge is 0.137 e. The van der Waals surface area contributed by atoms with Crippen LogP contribution in [-0.2, 0) is 11.2 Å². The van der Waals surface area contributed by atoms with Crippen LogP contribution < -0.4 is 10.5 Å². The van der Waals surface area contributed by atoms with E-state index in [4.69, 9.17) is 15.2 Å². The molecule has 0 aliphatic carbocycles. The fraction of sp³-hybridized carbons (Fsp3) is 0.538. The Bertz CT molecular complexity index is 355. The quantitative estimate of drug-likeness (QED) is 0.879. The number of methoxy groups -OCH3 is 1. The Morgan fingerprint density at radius 1 is 1.35 bits per heavy atom. The van der Waals surface area contributed by atoms with E-state index in [1.807, 2.05) is 32.0 Å². The van der Waals surface area contributed by atoms with E-state index in [1.54, 1.807) is 7.11 Å². The maximum atomic E-state index is 5.89. The summed E-state index contributed by atoms with van der Waals surface area (Å²) in [5.74, 6) is 0.870. The van der Waals surface area contributed by atoms with Gasteiger partial charge in [-0.3, -0.25) is 0 Å². The second-order valence-corrected chi connectivity index (χ2v) is 5.15. The van der Waals surface area contributed by atoms with Crippen molar-refractivity contribution in [2.24, 2.45) is 5.73 Å². The minimum absolute atomic E-state index is 0.0190. The molecule has 96 valence electrons. The van der Waals surface area contributed by atoms with Crippen LogP contribution in [0.3, 0.4) is 0 Å². The Morgan fingerprint density at radius 2 is 2.06 bits per heavy atom. The number of benzene rings is 1. The third-order valence-corrected chi connectivity index (χ3v) is 2.94. The predicted octanol–water partition coefficient (Wildman–Crippen LogP) is 2.75. The molecule has 4 heteroatoms. The van der Waals surface area contributed by atoms with Gasteiger partial charge in [-0.2, -0.15) is 0 Å². The number of ether oxygens (including phenoxy) is 2. The van der Waals surface area contributed by atoms with E-state index in [9.17, 15) is 0 Å². The summed E-state index contributed by atoms with van der Waals surface area (Å²) in [4.78, 5) is 0. The van der Waals surface area contributed by atoms with E-state index in [-0.39, 0.29) is 12.1 Å². The number of halogens is 1. The van der Waals surface area contributed by atoms with Gasteiger partial charge >= 0.3 is 0 Å². The van der Waals surface area contributed by atoms with Gasteiger partial charge in [0.1, 0.15) is 11.9 Å². The molecule has 0 saturated heterocycles. The summed E-state index contributed by atoms with van der Waals surface area (Å²) in [7, 11) is 1.67. The van der Waals surface area contributed by atoms with Crippen LogP contribution in [0.4, 0.5) is 0 Å². The van der Waals surface area contributed by atoms with Gasteiger partial charge in [0.2, 0.25) is 0 Å². The van der Waals surface area contributed by atoms with E-state index in [0.717, 1.165) is 22.2 Å². The van der Waals surface area contributed by atoms with Gasteiger partial charge in [-0.1, -0.05) is 12.1 Å². The van der Waals surface area contributed by atoms with Crippen LogP contribution in [0.2, 0.25) is 0 Å². The summed E-state index contributed by atoms with van der Waals surface area (Å²) in [6.07, 6.45) is 0.819. The normalized spacial score (nSPS) is 14.4. The minimum atomic E-state index is 0.0190. The Morgan fingerprint density at radius 3 is 2.65 bits per heavy atom. The van der Waals surface area contributed by atoms with Crippen molar-refractivity contribution in [3.05, 3.63) is 28.2 Å². The van der Waals surface area contributed by atoms with E-state index >= 15 is 0 Å². The summed E-state index contributed by atoms with van der Waals surface area (Å²) in [6, 6.07) is 6.13. The van der Waals surface area contributed by atoms with E-state index in [1.165, 1.54) is 0 Å². The van der Waals surface area contributed by atoms with Gasteiger partial charge in [0.05, 0.1) is 11.1 Å². The summed E-state index contributed by atoms with van der Waals surface area (Å²) in [6.45, 7) is 4.54. The third kappa shape index (κ3) is 4.66. The highest BCUT2D eigenvalue weighted by Crippen LogP contribution is 2.30. The Hall–Kier alpha value is -0.580. The monoisotopic (exact) mass is 301 g/mol. The Kier molecular flexibility index (Phi) is 5.95. The van der Waals surface area contributed by atoms with Gasteiger partial charge in [0.25, 0.3) is 0 Å². The van der Waals surface area contributed by atoms with E-state index in [2.05, 4.69) is 15.9 Å². The van der Waals surface area contributed by atoms with Crippen molar-refractivity contribution in [3.63, 3.8) is 0 Å². The number of rotatable bonds is 6. The first kappa shape index (κ1) is 14.5. The Labute approximate surface area is 111 Å². The van der Waals surface area contributed by atoms with Crippen molar-refractivity contribution in [2.75, 3.05) is 13.7 Å². The van der Waals surface area contributed by atoms with Gasteiger partial charge in [-0.25, -0.2) is 0 Å². The molecule has 0 aromatic heterocycles. The second kappa shape index (κ2) is 6.99. The molecule has 0 aliphatic rings. The second-order valence-electron chi connectivity index (χ2n) is 4.29. The molecule has 0 fully saturated rings. The number of nitrogens with two attached hydrogens (primary N) is 1. The fourth-order valence-electron chi connectivity index (χ4n) is 1.66. The van der Waals surface area contributed by atoms with E-state index < -0.39 is 0 Å². The highest BCUT2D eigenvalue weighted by molar-refractivity contribution is 9.10. The predicted molar refractivity (Wildman–Crippen MR) is 73.5 cm³/mol. The van der Waals surface area contributed by atoms with Crippen LogP contribution in [-0.4, -0.2) is 25.9 Å². The molecular formula is C13H20BrNO2. The van der Waals surface area contributed by atoms with Crippen molar-refractivity contribution in [1.29, 1.82) is 0 Å². The van der Waals surface area contributed by atoms with Crippen molar-refractivity contribution in [2.45, 2.75) is 32.4 Å². The van der Waals surface area contributed by atoms with Crippen molar-refractivity contribution < 1.29 is 9.47 Å². The lowest BCUT2D eigenvalue weighted by molar-refractivity contribution is 0.0908. The molecule has 17 heavy (non-hydrogen) atoms. The van der Waals surface area contributed by atoms with Crippen LogP contribution in [0.25, 0.3) is 0 Å². The highest BCUT2D eigenvalue weighted by atomic mass is 79.9. The number of para-hydroxylation sites is 1. The van der Waals surface area contributed by atoms with Crippen molar-refractivity contribution in [3.8, 4) is 5.75 Å². The molecule has 2 N–H and O–H groups in total. The molecule has 1 aromatic carbocycles. The van der Waals surface area contributed by atoms with Gasteiger partial charge in [-0.05, 0) is 47.8 Å². The molecule has 1 rings (SSSR count). The van der Waals surface area contributed by atoms with E-state index in [0.29, 0.717) is 6.61 Å².